The van der Waals surface area contributed by atoms with Crippen LogP contribution in [0.2, 0.25) is 0 Å². The summed E-state index contributed by atoms with van der Waals surface area (Å²) < 4.78 is 5.48. The van der Waals surface area contributed by atoms with Crippen molar-refractivity contribution in [3.8, 4) is 0 Å². The van der Waals surface area contributed by atoms with Gasteiger partial charge in [0.25, 0.3) is 0 Å². The molecule has 14 heavy (non-hydrogen) atoms. The van der Waals surface area contributed by atoms with Gasteiger partial charge in [-0.15, -0.1) is 0 Å². The monoisotopic (exact) mass is 199 g/mol. The van der Waals surface area contributed by atoms with Gasteiger partial charge in [-0.3, -0.25) is 4.79 Å². The van der Waals surface area contributed by atoms with E-state index in [0.717, 1.165) is 19.3 Å². The Hall–Kier alpha value is -0.830. The second-order valence-corrected chi connectivity index (χ2v) is 3.38. The van der Waals surface area contributed by atoms with E-state index >= 15 is 0 Å². The summed E-state index contributed by atoms with van der Waals surface area (Å²) in [5, 5.41) is 2.76. The maximum Gasteiger partial charge on any atom is 0.248 e. The molecule has 0 saturated carbocycles. The summed E-state index contributed by atoms with van der Waals surface area (Å²) in [6.45, 7) is 10.0. The van der Waals surface area contributed by atoms with Gasteiger partial charge in [-0.05, 0) is 19.8 Å². The predicted molar refractivity (Wildman–Crippen MR) is 57.9 cm³/mol. The Kier molecular flexibility index (Phi) is 7.11. The summed E-state index contributed by atoms with van der Waals surface area (Å²) in [6, 6.07) is 0. The first-order valence-electron chi connectivity index (χ1n) is 5.19. The molecule has 0 aliphatic carbocycles. The van der Waals surface area contributed by atoms with Crippen LogP contribution in [0.25, 0.3) is 0 Å². The lowest BCUT2D eigenvalue weighted by Gasteiger charge is -2.17. The highest BCUT2D eigenvalue weighted by Gasteiger charge is 2.09. The molecule has 3 heteroatoms. The number of amides is 1. The molecule has 0 spiro atoms. The lowest BCUT2D eigenvalue weighted by atomic mass is 10.3. The Morgan fingerprint density at radius 2 is 2.14 bits per heavy atom. The quantitative estimate of drug-likeness (QED) is 0.388. The largest absolute Gasteiger partial charge is 0.359 e. The van der Waals surface area contributed by atoms with Gasteiger partial charge in [0.15, 0.2) is 0 Å². The molecule has 1 N–H and O–H groups in total. The average Bonchev–Trinajstić information content (AvgIpc) is 2.16. The highest BCUT2D eigenvalue weighted by molar-refractivity contribution is 5.92. The van der Waals surface area contributed by atoms with Gasteiger partial charge in [-0.25, -0.2) is 0 Å². The molecular weight excluding hydrogens is 178 g/mol. The third kappa shape index (κ3) is 5.75. The van der Waals surface area contributed by atoms with Crippen molar-refractivity contribution in [2.24, 2.45) is 0 Å². The summed E-state index contributed by atoms with van der Waals surface area (Å²) in [5.41, 5.74) is 0.516. The Labute approximate surface area is 86.5 Å². The summed E-state index contributed by atoms with van der Waals surface area (Å²) in [5.74, 6) is -0.131. The molecule has 1 unspecified atom stereocenters. The summed E-state index contributed by atoms with van der Waals surface area (Å²) in [4.78, 5) is 11.3. The van der Waals surface area contributed by atoms with Gasteiger partial charge in [0, 0.05) is 12.2 Å². The van der Waals surface area contributed by atoms with E-state index in [9.17, 15) is 4.79 Å². The van der Waals surface area contributed by atoms with Crippen LogP contribution in [0, 0.1) is 0 Å². The molecule has 0 aromatic rings. The van der Waals surface area contributed by atoms with Crippen molar-refractivity contribution in [1.82, 2.24) is 5.32 Å². The van der Waals surface area contributed by atoms with E-state index in [0.29, 0.717) is 12.2 Å². The van der Waals surface area contributed by atoms with E-state index in [2.05, 4.69) is 18.8 Å². The standard InChI is InChI=1S/C11H21NO2/c1-5-7-8-14-10(6-2)12-11(13)9(3)4/h10H,3,5-8H2,1-2,4H3,(H,12,13). The van der Waals surface area contributed by atoms with Crippen molar-refractivity contribution in [3.63, 3.8) is 0 Å². The van der Waals surface area contributed by atoms with Crippen LogP contribution in [-0.4, -0.2) is 18.7 Å². The minimum atomic E-state index is -0.175. The van der Waals surface area contributed by atoms with Crippen LogP contribution in [-0.2, 0) is 9.53 Å². The molecule has 0 heterocycles. The molecule has 3 nitrogen and oxygen atoms in total. The number of rotatable bonds is 7. The van der Waals surface area contributed by atoms with Gasteiger partial charge in [-0.1, -0.05) is 26.8 Å². The molecule has 0 bridgehead atoms. The van der Waals surface area contributed by atoms with Gasteiger partial charge >= 0.3 is 0 Å². The van der Waals surface area contributed by atoms with Crippen LogP contribution < -0.4 is 5.32 Å². The van der Waals surface area contributed by atoms with Crippen LogP contribution in [0.4, 0.5) is 0 Å². The van der Waals surface area contributed by atoms with E-state index in [1.165, 1.54) is 0 Å². The fourth-order valence-electron chi connectivity index (χ4n) is 0.901. The van der Waals surface area contributed by atoms with E-state index in [4.69, 9.17) is 4.74 Å². The summed E-state index contributed by atoms with van der Waals surface area (Å²) >= 11 is 0. The second-order valence-electron chi connectivity index (χ2n) is 3.38. The normalized spacial score (nSPS) is 12.2. The fourth-order valence-corrected chi connectivity index (χ4v) is 0.901. The first kappa shape index (κ1) is 13.2. The van der Waals surface area contributed by atoms with Gasteiger partial charge < -0.3 is 10.1 Å². The molecule has 0 saturated heterocycles. The van der Waals surface area contributed by atoms with Crippen LogP contribution in [0.1, 0.15) is 40.0 Å². The van der Waals surface area contributed by atoms with Gasteiger partial charge in [0.2, 0.25) is 5.91 Å². The molecule has 82 valence electrons. The van der Waals surface area contributed by atoms with Crippen LogP contribution in [0.5, 0.6) is 0 Å². The van der Waals surface area contributed by atoms with Gasteiger partial charge in [0.05, 0.1) is 0 Å². The van der Waals surface area contributed by atoms with Crippen LogP contribution >= 0.6 is 0 Å². The minimum absolute atomic E-state index is 0.131. The molecule has 1 amide bonds. The van der Waals surface area contributed by atoms with E-state index in [1.54, 1.807) is 6.92 Å². The highest BCUT2D eigenvalue weighted by Crippen LogP contribution is 1.98. The zero-order valence-electron chi connectivity index (χ0n) is 9.43. The zero-order chi connectivity index (χ0) is 11.0. The number of unbranched alkanes of at least 4 members (excludes halogenated alkanes) is 1. The number of hydrogen-bond donors (Lipinski definition) is 1. The first-order valence-corrected chi connectivity index (χ1v) is 5.19. The molecule has 0 fully saturated rings. The Bertz CT molecular complexity index is 190. The predicted octanol–water partition coefficient (Wildman–Crippen LogP) is 2.23. The van der Waals surface area contributed by atoms with Gasteiger partial charge in [0.1, 0.15) is 6.23 Å². The maximum absolute atomic E-state index is 11.3. The molecular formula is C11H21NO2. The van der Waals surface area contributed by atoms with E-state index in [1.807, 2.05) is 6.92 Å². The molecule has 0 aliphatic rings. The Morgan fingerprint density at radius 1 is 1.50 bits per heavy atom. The van der Waals surface area contributed by atoms with Crippen molar-refractivity contribution in [2.45, 2.75) is 46.3 Å². The number of hydrogen-bond acceptors (Lipinski definition) is 2. The topological polar surface area (TPSA) is 38.3 Å². The molecule has 0 radical (unpaired) electrons. The number of ether oxygens (including phenoxy) is 1. The van der Waals surface area contributed by atoms with Crippen molar-refractivity contribution in [2.75, 3.05) is 6.61 Å². The van der Waals surface area contributed by atoms with Crippen molar-refractivity contribution >= 4 is 5.91 Å². The molecule has 1 atom stereocenters. The van der Waals surface area contributed by atoms with Crippen molar-refractivity contribution in [1.29, 1.82) is 0 Å². The summed E-state index contributed by atoms with van der Waals surface area (Å²) in [6.07, 6.45) is 2.73. The lowest BCUT2D eigenvalue weighted by molar-refractivity contribution is -0.121. The lowest BCUT2D eigenvalue weighted by Crippen LogP contribution is -2.36. The summed E-state index contributed by atoms with van der Waals surface area (Å²) in [7, 11) is 0. The first-order chi connectivity index (χ1) is 6.61. The van der Waals surface area contributed by atoms with Crippen molar-refractivity contribution in [3.05, 3.63) is 12.2 Å². The molecule has 0 rings (SSSR count). The molecule has 0 aromatic carbocycles. The zero-order valence-corrected chi connectivity index (χ0v) is 9.43. The van der Waals surface area contributed by atoms with Crippen LogP contribution in [0.3, 0.4) is 0 Å². The second kappa shape index (κ2) is 7.56. The fraction of sp³-hybridized carbons (Fsp3) is 0.727. The SMILES string of the molecule is C=C(C)C(=O)NC(CC)OCCCC. The number of nitrogens with one attached hydrogen (secondary N) is 1. The smallest absolute Gasteiger partial charge is 0.248 e. The Morgan fingerprint density at radius 3 is 2.57 bits per heavy atom. The third-order valence-electron chi connectivity index (χ3n) is 1.87. The third-order valence-corrected chi connectivity index (χ3v) is 1.87. The highest BCUT2D eigenvalue weighted by atomic mass is 16.5. The van der Waals surface area contributed by atoms with Crippen molar-refractivity contribution < 1.29 is 9.53 Å². The number of carbonyl (C=O) groups excluding carboxylic acids is 1. The maximum atomic E-state index is 11.3. The molecule has 0 aromatic heterocycles. The van der Waals surface area contributed by atoms with E-state index in [-0.39, 0.29) is 12.1 Å². The number of carbonyl (C=O) groups is 1. The van der Waals surface area contributed by atoms with E-state index < -0.39 is 0 Å². The average molecular weight is 199 g/mol. The Balaban J connectivity index is 3.78. The van der Waals surface area contributed by atoms with Crippen LogP contribution in [0.15, 0.2) is 12.2 Å². The van der Waals surface area contributed by atoms with Gasteiger partial charge in [-0.2, -0.15) is 0 Å². The molecule has 0 aliphatic heterocycles. The minimum Gasteiger partial charge on any atom is -0.359 e.